The van der Waals surface area contributed by atoms with Gasteiger partial charge in [-0.2, -0.15) is 0 Å². The van der Waals surface area contributed by atoms with Crippen LogP contribution in [0.2, 0.25) is 0 Å². The Hall–Kier alpha value is -0.0800. The molecule has 0 aromatic heterocycles. The number of rotatable bonds is 0. The molecule has 0 aromatic carbocycles. The van der Waals surface area contributed by atoms with Gasteiger partial charge >= 0.3 is 0 Å². The summed E-state index contributed by atoms with van der Waals surface area (Å²) in [4.78, 5) is 2.35. The van der Waals surface area contributed by atoms with Crippen molar-refractivity contribution in [1.82, 2.24) is 11.1 Å². The molecule has 0 radical (unpaired) electrons. The van der Waals surface area contributed by atoms with Crippen LogP contribution in [0, 0.1) is 0 Å². The van der Waals surface area contributed by atoms with Crippen LogP contribution in [0.5, 0.6) is 0 Å². The first-order chi connectivity index (χ1) is 2.80. The van der Waals surface area contributed by atoms with E-state index in [-0.39, 0.29) is 6.15 Å². The molecule has 44 valence electrons. The average Bonchev–Trinajstić information content (AvgIpc) is 1.61. The fourth-order valence-corrected chi connectivity index (χ4v) is 0.645. The summed E-state index contributed by atoms with van der Waals surface area (Å²) in [5.41, 5.74) is 0. The monoisotopic (exact) mass is 102 g/mol. The van der Waals surface area contributed by atoms with Crippen molar-refractivity contribution in [2.24, 2.45) is 0 Å². The second-order valence-electron chi connectivity index (χ2n) is 2.12. The van der Waals surface area contributed by atoms with Gasteiger partial charge in [0.15, 0.2) is 0 Å². The van der Waals surface area contributed by atoms with Crippen molar-refractivity contribution in [2.75, 3.05) is 13.6 Å². The summed E-state index contributed by atoms with van der Waals surface area (Å²) in [6, 6.07) is 0.866. The van der Waals surface area contributed by atoms with Gasteiger partial charge in [-0.15, -0.1) is 0 Å². The van der Waals surface area contributed by atoms with E-state index in [1.807, 2.05) is 0 Å². The molecule has 1 saturated heterocycles. The van der Waals surface area contributed by atoms with Crippen molar-refractivity contribution in [1.29, 1.82) is 0 Å². The van der Waals surface area contributed by atoms with Crippen LogP contribution in [0.25, 0.3) is 0 Å². The highest BCUT2D eigenvalue weighted by atomic mass is 15.2. The second-order valence-corrected chi connectivity index (χ2v) is 2.12. The minimum absolute atomic E-state index is 0. The normalized spacial score (nSPS) is 30.9. The summed E-state index contributed by atoms with van der Waals surface area (Å²) in [6.07, 6.45) is 1.40. The number of hydrogen-bond donors (Lipinski definition) is 1. The number of hydrogen-bond acceptors (Lipinski definition) is 2. The molecule has 7 heavy (non-hydrogen) atoms. The Morgan fingerprint density at radius 2 is 2.00 bits per heavy atom. The molecule has 0 saturated carbocycles. The summed E-state index contributed by atoms with van der Waals surface area (Å²) in [5.74, 6) is 0. The molecule has 2 nitrogen and oxygen atoms in total. The zero-order chi connectivity index (χ0) is 4.57. The molecule has 0 bridgehead atoms. The highest BCUT2D eigenvalue weighted by Gasteiger charge is 2.17. The maximum atomic E-state index is 2.35. The first kappa shape index (κ1) is 6.92. The van der Waals surface area contributed by atoms with E-state index in [2.05, 4.69) is 18.9 Å². The van der Waals surface area contributed by atoms with Crippen molar-refractivity contribution < 1.29 is 0 Å². The molecule has 1 aliphatic rings. The topological polar surface area (TPSA) is 38.2 Å². The van der Waals surface area contributed by atoms with E-state index in [1.54, 1.807) is 0 Å². The fraction of sp³-hybridized carbons (Fsp3) is 1.00. The van der Waals surface area contributed by atoms with Crippen molar-refractivity contribution in [2.45, 2.75) is 19.4 Å². The minimum Gasteiger partial charge on any atom is -0.344 e. The van der Waals surface area contributed by atoms with Gasteiger partial charge in [0.1, 0.15) is 0 Å². The van der Waals surface area contributed by atoms with E-state index in [4.69, 9.17) is 0 Å². The predicted molar refractivity (Wildman–Crippen MR) is 31.7 cm³/mol. The largest absolute Gasteiger partial charge is 0.344 e. The lowest BCUT2D eigenvalue weighted by Gasteiger charge is -2.34. The predicted octanol–water partition coefficient (Wildman–Crippen LogP) is 0.872. The van der Waals surface area contributed by atoms with Gasteiger partial charge in [0.25, 0.3) is 0 Å². The van der Waals surface area contributed by atoms with Gasteiger partial charge in [-0.05, 0) is 26.9 Å². The van der Waals surface area contributed by atoms with Gasteiger partial charge in [0, 0.05) is 6.04 Å². The Labute approximate surface area is 45.1 Å². The first-order valence-electron chi connectivity index (χ1n) is 2.51. The van der Waals surface area contributed by atoms with E-state index in [0.29, 0.717) is 0 Å². The Morgan fingerprint density at radius 3 is 2.00 bits per heavy atom. The Bertz CT molecular complexity index is 46.0. The maximum absolute atomic E-state index is 2.35. The van der Waals surface area contributed by atoms with Gasteiger partial charge < -0.3 is 11.1 Å². The molecule has 0 aromatic rings. The molecule has 1 fully saturated rings. The summed E-state index contributed by atoms with van der Waals surface area (Å²) in [7, 11) is 2.16. The standard InChI is InChI=1S/C5H11N.H3N/c1-5-3-4-6(5)2;/h5H,3-4H2,1-2H3;1H3. The van der Waals surface area contributed by atoms with Crippen LogP contribution in [0.4, 0.5) is 0 Å². The van der Waals surface area contributed by atoms with Crippen molar-refractivity contribution >= 4 is 0 Å². The highest BCUT2D eigenvalue weighted by molar-refractivity contribution is 4.73. The third-order valence-electron chi connectivity index (χ3n) is 1.65. The molecule has 0 spiro atoms. The molecular weight excluding hydrogens is 88.1 g/mol. The molecule has 2 heteroatoms. The lowest BCUT2D eigenvalue weighted by Crippen LogP contribution is -2.41. The number of nitrogens with zero attached hydrogens (tertiary/aromatic N) is 1. The lowest BCUT2D eigenvalue weighted by atomic mass is 10.1. The summed E-state index contributed by atoms with van der Waals surface area (Å²) in [5, 5.41) is 0. The SMILES string of the molecule is CC1CCN1C.N. The van der Waals surface area contributed by atoms with Gasteiger partial charge in [0.05, 0.1) is 0 Å². The lowest BCUT2D eigenvalue weighted by molar-refractivity contribution is 0.143. The van der Waals surface area contributed by atoms with Crippen LogP contribution in [0.1, 0.15) is 13.3 Å². The Balaban J connectivity index is 0.000000360. The zero-order valence-electron chi connectivity index (χ0n) is 5.15. The molecule has 1 unspecified atom stereocenters. The molecule has 1 heterocycles. The third-order valence-corrected chi connectivity index (χ3v) is 1.65. The molecular formula is C5H14N2. The Kier molecular flexibility index (Phi) is 2.26. The smallest absolute Gasteiger partial charge is 0.00760 e. The van der Waals surface area contributed by atoms with Crippen LogP contribution >= 0.6 is 0 Å². The number of likely N-dealkylation sites (tertiary alicyclic amines) is 1. The van der Waals surface area contributed by atoms with Crippen molar-refractivity contribution in [3.05, 3.63) is 0 Å². The van der Waals surface area contributed by atoms with Gasteiger partial charge in [-0.25, -0.2) is 0 Å². The second kappa shape index (κ2) is 2.28. The molecule has 1 aliphatic heterocycles. The third kappa shape index (κ3) is 1.14. The van der Waals surface area contributed by atoms with Crippen LogP contribution < -0.4 is 6.15 Å². The summed E-state index contributed by atoms with van der Waals surface area (Å²) < 4.78 is 0. The van der Waals surface area contributed by atoms with Crippen LogP contribution in [0.15, 0.2) is 0 Å². The highest BCUT2D eigenvalue weighted by Crippen LogP contribution is 2.11. The van der Waals surface area contributed by atoms with Crippen molar-refractivity contribution in [3.8, 4) is 0 Å². The van der Waals surface area contributed by atoms with E-state index < -0.39 is 0 Å². The van der Waals surface area contributed by atoms with Gasteiger partial charge in [0.2, 0.25) is 0 Å². The quantitative estimate of drug-likeness (QED) is 0.493. The fourth-order valence-electron chi connectivity index (χ4n) is 0.645. The average molecular weight is 102 g/mol. The van der Waals surface area contributed by atoms with E-state index in [1.165, 1.54) is 13.0 Å². The maximum Gasteiger partial charge on any atom is 0.00760 e. The van der Waals surface area contributed by atoms with Crippen molar-refractivity contribution in [3.63, 3.8) is 0 Å². The first-order valence-corrected chi connectivity index (χ1v) is 2.51. The minimum atomic E-state index is 0. The van der Waals surface area contributed by atoms with E-state index in [0.717, 1.165) is 6.04 Å². The molecule has 1 atom stereocenters. The molecule has 1 rings (SSSR count). The van der Waals surface area contributed by atoms with Crippen LogP contribution in [-0.4, -0.2) is 24.5 Å². The van der Waals surface area contributed by atoms with Gasteiger partial charge in [-0.3, -0.25) is 0 Å². The Morgan fingerprint density at radius 1 is 1.57 bits per heavy atom. The summed E-state index contributed by atoms with van der Waals surface area (Å²) >= 11 is 0. The van der Waals surface area contributed by atoms with Gasteiger partial charge in [-0.1, -0.05) is 0 Å². The van der Waals surface area contributed by atoms with E-state index in [9.17, 15) is 0 Å². The van der Waals surface area contributed by atoms with Crippen LogP contribution in [-0.2, 0) is 0 Å². The van der Waals surface area contributed by atoms with Crippen LogP contribution in [0.3, 0.4) is 0 Å². The zero-order valence-corrected chi connectivity index (χ0v) is 5.15. The molecule has 0 aliphatic carbocycles. The molecule has 0 amide bonds. The molecule has 3 N–H and O–H groups in total. The summed E-state index contributed by atoms with van der Waals surface area (Å²) in [6.45, 7) is 3.56. The van der Waals surface area contributed by atoms with E-state index >= 15 is 0 Å².